The van der Waals surface area contributed by atoms with E-state index in [1.165, 1.54) is 0 Å². The Morgan fingerprint density at radius 3 is 3.11 bits per heavy atom. The van der Waals surface area contributed by atoms with Gasteiger partial charge in [0, 0.05) is 24.4 Å². The number of hydrogen-bond donors (Lipinski definition) is 2. The molecule has 2 amide bonds. The second kappa shape index (κ2) is 5.64. The quantitative estimate of drug-likeness (QED) is 0.762. The van der Waals surface area contributed by atoms with E-state index in [0.717, 1.165) is 11.3 Å². The van der Waals surface area contributed by atoms with Crippen molar-refractivity contribution in [2.24, 2.45) is 0 Å². The maximum absolute atomic E-state index is 11.8. The molecule has 0 spiro atoms. The molecule has 1 heterocycles. The summed E-state index contributed by atoms with van der Waals surface area (Å²) >= 11 is 0. The zero-order valence-corrected chi connectivity index (χ0v) is 10.3. The van der Waals surface area contributed by atoms with Gasteiger partial charge in [0.1, 0.15) is 0 Å². The fraction of sp³-hybridized carbons (Fsp3) is 0.385. The lowest BCUT2D eigenvalue weighted by Gasteiger charge is -2.06. The van der Waals surface area contributed by atoms with E-state index >= 15 is 0 Å². The van der Waals surface area contributed by atoms with Crippen LogP contribution in [0.4, 0.5) is 5.69 Å². The van der Waals surface area contributed by atoms with Crippen molar-refractivity contribution >= 4 is 17.5 Å². The third-order valence-electron chi connectivity index (χ3n) is 2.73. The van der Waals surface area contributed by atoms with E-state index in [9.17, 15) is 9.59 Å². The van der Waals surface area contributed by atoms with Crippen LogP contribution in [0.2, 0.25) is 0 Å². The van der Waals surface area contributed by atoms with Crippen molar-refractivity contribution in [2.45, 2.75) is 13.3 Å². The normalized spacial score (nSPS) is 13.1. The molecule has 0 aliphatic carbocycles. The van der Waals surface area contributed by atoms with Gasteiger partial charge in [-0.3, -0.25) is 9.59 Å². The minimum atomic E-state index is -0.142. The molecule has 5 heteroatoms. The van der Waals surface area contributed by atoms with E-state index in [-0.39, 0.29) is 11.8 Å². The minimum absolute atomic E-state index is 0.0288. The number of carbonyl (C=O) groups is 2. The summed E-state index contributed by atoms with van der Waals surface area (Å²) in [7, 11) is 0. The monoisotopic (exact) mass is 248 g/mol. The van der Waals surface area contributed by atoms with Crippen molar-refractivity contribution < 1.29 is 14.3 Å². The van der Waals surface area contributed by atoms with Crippen LogP contribution in [0.5, 0.6) is 0 Å². The Hall–Kier alpha value is -1.88. The first-order valence-corrected chi connectivity index (χ1v) is 5.99. The highest BCUT2D eigenvalue weighted by molar-refractivity contribution is 6.01. The van der Waals surface area contributed by atoms with E-state index in [1.54, 1.807) is 18.2 Å². The number of carbonyl (C=O) groups excluding carboxylic acids is 2. The topological polar surface area (TPSA) is 67.4 Å². The van der Waals surface area contributed by atoms with Crippen LogP contribution in [0.15, 0.2) is 18.2 Å². The number of ether oxygens (including phenoxy) is 1. The Kier molecular flexibility index (Phi) is 3.94. The Labute approximate surface area is 106 Å². The number of fused-ring (bicyclic) bond motifs is 1. The van der Waals surface area contributed by atoms with Gasteiger partial charge in [-0.1, -0.05) is 0 Å². The van der Waals surface area contributed by atoms with Crippen LogP contribution in [-0.4, -0.2) is 31.6 Å². The van der Waals surface area contributed by atoms with Gasteiger partial charge in [0.05, 0.1) is 13.0 Å². The first kappa shape index (κ1) is 12.6. The summed E-state index contributed by atoms with van der Waals surface area (Å²) in [4.78, 5) is 23.0. The van der Waals surface area contributed by atoms with E-state index in [2.05, 4.69) is 10.6 Å². The van der Waals surface area contributed by atoms with Gasteiger partial charge in [0.15, 0.2) is 0 Å². The molecular weight excluding hydrogens is 232 g/mol. The molecule has 1 aromatic carbocycles. The van der Waals surface area contributed by atoms with Crippen LogP contribution in [-0.2, 0) is 16.0 Å². The average Bonchev–Trinajstić information content (AvgIpc) is 2.73. The van der Waals surface area contributed by atoms with Gasteiger partial charge in [-0.15, -0.1) is 0 Å². The SMILES string of the molecule is CCOCCNC(=O)c1ccc2c(c1)CC(=O)N2. The first-order chi connectivity index (χ1) is 8.70. The first-order valence-electron chi connectivity index (χ1n) is 5.99. The Morgan fingerprint density at radius 2 is 2.33 bits per heavy atom. The smallest absolute Gasteiger partial charge is 0.251 e. The highest BCUT2D eigenvalue weighted by Crippen LogP contribution is 2.23. The Morgan fingerprint density at radius 1 is 1.50 bits per heavy atom. The Balaban J connectivity index is 1.95. The molecule has 1 aliphatic heterocycles. The van der Waals surface area contributed by atoms with Crippen LogP contribution in [0.1, 0.15) is 22.8 Å². The van der Waals surface area contributed by atoms with E-state index in [4.69, 9.17) is 4.74 Å². The highest BCUT2D eigenvalue weighted by Gasteiger charge is 2.18. The third kappa shape index (κ3) is 2.87. The molecule has 0 saturated carbocycles. The summed E-state index contributed by atoms with van der Waals surface area (Å²) in [6.45, 7) is 3.54. The molecule has 2 N–H and O–H groups in total. The lowest BCUT2D eigenvalue weighted by atomic mass is 10.1. The van der Waals surface area contributed by atoms with Crippen LogP contribution >= 0.6 is 0 Å². The minimum Gasteiger partial charge on any atom is -0.380 e. The summed E-state index contributed by atoms with van der Waals surface area (Å²) < 4.78 is 5.14. The number of amides is 2. The van der Waals surface area contributed by atoms with Crippen molar-refractivity contribution in [2.75, 3.05) is 25.1 Å². The summed E-state index contributed by atoms with van der Waals surface area (Å²) in [6, 6.07) is 5.22. The van der Waals surface area contributed by atoms with Crippen molar-refractivity contribution in [3.05, 3.63) is 29.3 Å². The third-order valence-corrected chi connectivity index (χ3v) is 2.73. The van der Waals surface area contributed by atoms with Gasteiger partial charge in [-0.2, -0.15) is 0 Å². The van der Waals surface area contributed by atoms with Crippen molar-refractivity contribution in [1.29, 1.82) is 0 Å². The van der Waals surface area contributed by atoms with Crippen molar-refractivity contribution in [1.82, 2.24) is 5.32 Å². The molecular formula is C13H16N2O3. The predicted molar refractivity (Wildman–Crippen MR) is 67.6 cm³/mol. The van der Waals surface area contributed by atoms with Gasteiger partial charge >= 0.3 is 0 Å². The Bertz CT molecular complexity index is 471. The van der Waals surface area contributed by atoms with E-state index < -0.39 is 0 Å². The molecule has 5 nitrogen and oxygen atoms in total. The molecule has 0 aromatic heterocycles. The molecule has 0 unspecified atom stereocenters. The van der Waals surface area contributed by atoms with Crippen LogP contribution in [0.3, 0.4) is 0 Å². The fourth-order valence-corrected chi connectivity index (χ4v) is 1.85. The summed E-state index contributed by atoms with van der Waals surface area (Å²) in [5.41, 5.74) is 2.24. The molecule has 0 fully saturated rings. The predicted octanol–water partition coefficient (Wildman–Crippen LogP) is 0.947. The van der Waals surface area contributed by atoms with Gasteiger partial charge < -0.3 is 15.4 Å². The van der Waals surface area contributed by atoms with Gasteiger partial charge in [-0.25, -0.2) is 0 Å². The number of nitrogens with one attached hydrogen (secondary N) is 2. The fourth-order valence-electron chi connectivity index (χ4n) is 1.85. The van der Waals surface area contributed by atoms with Crippen LogP contribution in [0.25, 0.3) is 0 Å². The van der Waals surface area contributed by atoms with Gasteiger partial charge in [0.25, 0.3) is 5.91 Å². The number of benzene rings is 1. The zero-order chi connectivity index (χ0) is 13.0. The average molecular weight is 248 g/mol. The highest BCUT2D eigenvalue weighted by atomic mass is 16.5. The van der Waals surface area contributed by atoms with Crippen molar-refractivity contribution in [3.63, 3.8) is 0 Å². The summed E-state index contributed by atoms with van der Waals surface area (Å²) in [6.07, 6.45) is 0.343. The number of anilines is 1. The summed E-state index contributed by atoms with van der Waals surface area (Å²) in [5.74, 6) is -0.171. The zero-order valence-electron chi connectivity index (χ0n) is 10.3. The molecule has 0 bridgehead atoms. The van der Waals surface area contributed by atoms with Gasteiger partial charge in [-0.05, 0) is 30.7 Å². The second-order valence-corrected chi connectivity index (χ2v) is 4.05. The maximum Gasteiger partial charge on any atom is 0.251 e. The number of hydrogen-bond acceptors (Lipinski definition) is 3. The molecule has 1 aliphatic rings. The lowest BCUT2D eigenvalue weighted by Crippen LogP contribution is -2.27. The molecule has 96 valence electrons. The lowest BCUT2D eigenvalue weighted by molar-refractivity contribution is -0.115. The molecule has 1 aromatic rings. The second-order valence-electron chi connectivity index (χ2n) is 4.05. The molecule has 0 saturated heterocycles. The van der Waals surface area contributed by atoms with Gasteiger partial charge in [0.2, 0.25) is 5.91 Å². The van der Waals surface area contributed by atoms with Crippen LogP contribution < -0.4 is 10.6 Å². The van der Waals surface area contributed by atoms with Crippen molar-refractivity contribution in [3.8, 4) is 0 Å². The van der Waals surface area contributed by atoms with E-state index in [1.807, 2.05) is 6.92 Å². The molecule has 0 radical (unpaired) electrons. The molecule has 18 heavy (non-hydrogen) atoms. The number of rotatable bonds is 5. The standard InChI is InChI=1S/C13H16N2O3/c1-2-18-6-5-14-13(17)9-3-4-11-10(7-9)8-12(16)15-11/h3-4,7H,2,5-6,8H2,1H3,(H,14,17)(H,15,16). The molecule has 0 atom stereocenters. The maximum atomic E-state index is 11.8. The molecule has 2 rings (SSSR count). The summed E-state index contributed by atoms with van der Waals surface area (Å²) in [5, 5.41) is 5.50. The largest absolute Gasteiger partial charge is 0.380 e. The van der Waals surface area contributed by atoms with E-state index in [0.29, 0.717) is 31.7 Å². The van der Waals surface area contributed by atoms with Crippen LogP contribution in [0, 0.1) is 0 Å².